The van der Waals surface area contributed by atoms with Crippen molar-refractivity contribution in [2.45, 2.75) is 19.9 Å². The first-order valence-corrected chi connectivity index (χ1v) is 6.38. The molecule has 0 radical (unpaired) electrons. The molecule has 1 aromatic carbocycles. The molecule has 1 aromatic heterocycles. The Morgan fingerprint density at radius 1 is 1.41 bits per heavy atom. The van der Waals surface area contributed by atoms with E-state index in [1.807, 2.05) is 30.8 Å². The molecule has 3 nitrogen and oxygen atoms in total. The Balaban J connectivity index is 2.16. The molecule has 0 saturated heterocycles. The number of hydrogen-bond acceptors (Lipinski definition) is 2. The van der Waals surface area contributed by atoms with Gasteiger partial charge in [-0.2, -0.15) is 5.10 Å². The minimum Gasteiger partial charge on any atom is -0.378 e. The van der Waals surface area contributed by atoms with Gasteiger partial charge in [-0.15, -0.1) is 0 Å². The summed E-state index contributed by atoms with van der Waals surface area (Å²) in [7, 11) is 1.95. The van der Waals surface area contributed by atoms with Gasteiger partial charge in [-0.3, -0.25) is 4.68 Å². The van der Waals surface area contributed by atoms with Crippen molar-refractivity contribution in [3.63, 3.8) is 0 Å². The molecule has 0 bridgehead atoms. The summed E-state index contributed by atoms with van der Waals surface area (Å²) in [5, 5.41) is 7.83. The standard InChI is InChI=1S/C13H16BrN3/c1-9(13-8-17(3)16-10(13)2)15-12-6-4-5-11(14)7-12/h4-9,15H,1-3H3. The molecule has 0 aliphatic heterocycles. The molecule has 0 amide bonds. The highest BCUT2D eigenvalue weighted by Crippen LogP contribution is 2.23. The van der Waals surface area contributed by atoms with Crippen LogP contribution in [-0.4, -0.2) is 9.78 Å². The summed E-state index contributed by atoms with van der Waals surface area (Å²) in [6.45, 7) is 4.18. The van der Waals surface area contributed by atoms with Crippen molar-refractivity contribution >= 4 is 21.6 Å². The summed E-state index contributed by atoms with van der Waals surface area (Å²) >= 11 is 3.47. The molecule has 1 atom stereocenters. The van der Waals surface area contributed by atoms with E-state index in [1.165, 1.54) is 5.56 Å². The van der Waals surface area contributed by atoms with Crippen LogP contribution in [0.4, 0.5) is 5.69 Å². The maximum absolute atomic E-state index is 4.36. The average Bonchev–Trinajstić information content (AvgIpc) is 2.58. The Labute approximate surface area is 110 Å². The monoisotopic (exact) mass is 293 g/mol. The number of halogens is 1. The largest absolute Gasteiger partial charge is 0.378 e. The highest BCUT2D eigenvalue weighted by atomic mass is 79.9. The fourth-order valence-electron chi connectivity index (χ4n) is 1.95. The second-order valence-corrected chi connectivity index (χ2v) is 5.14. The number of aryl methyl sites for hydroxylation is 2. The number of nitrogens with zero attached hydrogens (tertiary/aromatic N) is 2. The van der Waals surface area contributed by atoms with Crippen LogP contribution in [0, 0.1) is 6.92 Å². The van der Waals surface area contributed by atoms with Crippen LogP contribution in [0.1, 0.15) is 24.2 Å². The Bertz CT molecular complexity index is 519. The van der Waals surface area contributed by atoms with Crippen LogP contribution in [0.3, 0.4) is 0 Å². The molecule has 0 spiro atoms. The summed E-state index contributed by atoms with van der Waals surface area (Å²) in [5.74, 6) is 0. The molecule has 0 saturated carbocycles. The smallest absolute Gasteiger partial charge is 0.0646 e. The topological polar surface area (TPSA) is 29.9 Å². The van der Waals surface area contributed by atoms with Gasteiger partial charge >= 0.3 is 0 Å². The number of anilines is 1. The van der Waals surface area contributed by atoms with Crippen molar-refractivity contribution in [2.75, 3.05) is 5.32 Å². The van der Waals surface area contributed by atoms with E-state index in [4.69, 9.17) is 0 Å². The molecule has 90 valence electrons. The average molecular weight is 294 g/mol. The first kappa shape index (κ1) is 12.2. The lowest BCUT2D eigenvalue weighted by atomic mass is 10.1. The minimum atomic E-state index is 0.248. The molecule has 2 rings (SSSR count). The zero-order valence-corrected chi connectivity index (χ0v) is 11.8. The summed E-state index contributed by atoms with van der Waals surface area (Å²) < 4.78 is 2.93. The zero-order valence-electron chi connectivity index (χ0n) is 10.2. The van der Waals surface area contributed by atoms with E-state index in [0.717, 1.165) is 15.9 Å². The molecule has 1 N–H and O–H groups in total. The first-order chi connectivity index (χ1) is 8.06. The van der Waals surface area contributed by atoms with Gasteiger partial charge in [0, 0.05) is 29.0 Å². The van der Waals surface area contributed by atoms with Crippen LogP contribution in [0.25, 0.3) is 0 Å². The van der Waals surface area contributed by atoms with Crippen LogP contribution in [-0.2, 0) is 7.05 Å². The molecule has 0 aliphatic carbocycles. The SMILES string of the molecule is Cc1nn(C)cc1C(C)Nc1cccc(Br)c1. The quantitative estimate of drug-likeness (QED) is 0.936. The number of benzene rings is 1. The molecule has 0 aliphatic rings. The highest BCUT2D eigenvalue weighted by molar-refractivity contribution is 9.10. The predicted octanol–water partition coefficient (Wildman–Crippen LogP) is 3.66. The number of hydrogen-bond donors (Lipinski definition) is 1. The molecule has 1 unspecified atom stereocenters. The van der Waals surface area contributed by atoms with Gasteiger partial charge in [0.25, 0.3) is 0 Å². The van der Waals surface area contributed by atoms with Crippen molar-refractivity contribution < 1.29 is 0 Å². The Hall–Kier alpha value is -1.29. The highest BCUT2D eigenvalue weighted by Gasteiger charge is 2.11. The van der Waals surface area contributed by atoms with E-state index in [-0.39, 0.29) is 6.04 Å². The van der Waals surface area contributed by atoms with Gasteiger partial charge in [0.15, 0.2) is 0 Å². The normalized spacial score (nSPS) is 12.5. The third-order valence-corrected chi connectivity index (χ3v) is 3.22. The lowest BCUT2D eigenvalue weighted by molar-refractivity contribution is 0.756. The van der Waals surface area contributed by atoms with E-state index in [0.29, 0.717) is 0 Å². The molecule has 0 fully saturated rings. The van der Waals surface area contributed by atoms with Crippen molar-refractivity contribution in [3.05, 3.63) is 46.2 Å². The molecule has 1 heterocycles. The van der Waals surface area contributed by atoms with E-state index in [2.05, 4.69) is 51.6 Å². The summed E-state index contributed by atoms with van der Waals surface area (Å²) in [6, 6.07) is 8.42. The van der Waals surface area contributed by atoms with Crippen molar-refractivity contribution in [3.8, 4) is 0 Å². The summed E-state index contributed by atoms with van der Waals surface area (Å²) in [4.78, 5) is 0. The van der Waals surface area contributed by atoms with Gasteiger partial charge in [0.05, 0.1) is 11.7 Å². The van der Waals surface area contributed by atoms with Gasteiger partial charge in [0.1, 0.15) is 0 Å². The number of rotatable bonds is 3. The maximum Gasteiger partial charge on any atom is 0.0646 e. The lowest BCUT2D eigenvalue weighted by Gasteiger charge is -2.14. The minimum absolute atomic E-state index is 0.248. The molecule has 2 aromatic rings. The summed E-state index contributed by atoms with van der Waals surface area (Å²) in [6.07, 6.45) is 2.06. The Morgan fingerprint density at radius 3 is 2.76 bits per heavy atom. The Morgan fingerprint density at radius 2 is 2.18 bits per heavy atom. The number of aromatic nitrogens is 2. The van der Waals surface area contributed by atoms with Gasteiger partial charge < -0.3 is 5.32 Å². The zero-order chi connectivity index (χ0) is 12.4. The second-order valence-electron chi connectivity index (χ2n) is 4.22. The molecule has 17 heavy (non-hydrogen) atoms. The fraction of sp³-hybridized carbons (Fsp3) is 0.308. The Kier molecular flexibility index (Phi) is 3.52. The molecular weight excluding hydrogens is 278 g/mol. The third-order valence-electron chi connectivity index (χ3n) is 2.73. The van der Waals surface area contributed by atoms with E-state index in [1.54, 1.807) is 0 Å². The number of nitrogens with one attached hydrogen (secondary N) is 1. The van der Waals surface area contributed by atoms with Crippen LogP contribution >= 0.6 is 15.9 Å². The van der Waals surface area contributed by atoms with Crippen LogP contribution in [0.5, 0.6) is 0 Å². The summed E-state index contributed by atoms with van der Waals surface area (Å²) in [5.41, 5.74) is 3.41. The van der Waals surface area contributed by atoms with Crippen LogP contribution in [0.15, 0.2) is 34.9 Å². The van der Waals surface area contributed by atoms with Crippen molar-refractivity contribution in [1.29, 1.82) is 0 Å². The molecule has 4 heteroatoms. The third kappa shape index (κ3) is 2.88. The van der Waals surface area contributed by atoms with E-state index < -0.39 is 0 Å². The maximum atomic E-state index is 4.36. The van der Waals surface area contributed by atoms with Crippen molar-refractivity contribution in [1.82, 2.24) is 9.78 Å². The molecular formula is C13H16BrN3. The van der Waals surface area contributed by atoms with E-state index >= 15 is 0 Å². The van der Waals surface area contributed by atoms with Crippen LogP contribution in [0.2, 0.25) is 0 Å². The van der Waals surface area contributed by atoms with Gasteiger partial charge in [0.2, 0.25) is 0 Å². The second kappa shape index (κ2) is 4.92. The van der Waals surface area contributed by atoms with Gasteiger partial charge in [-0.1, -0.05) is 22.0 Å². The first-order valence-electron chi connectivity index (χ1n) is 5.58. The predicted molar refractivity (Wildman–Crippen MR) is 74.1 cm³/mol. The van der Waals surface area contributed by atoms with Gasteiger partial charge in [-0.05, 0) is 32.0 Å². The van der Waals surface area contributed by atoms with Crippen molar-refractivity contribution in [2.24, 2.45) is 7.05 Å². The van der Waals surface area contributed by atoms with E-state index in [9.17, 15) is 0 Å². The van der Waals surface area contributed by atoms with Crippen LogP contribution < -0.4 is 5.32 Å². The fourth-order valence-corrected chi connectivity index (χ4v) is 2.35. The van der Waals surface area contributed by atoms with Gasteiger partial charge in [-0.25, -0.2) is 0 Å². The lowest BCUT2D eigenvalue weighted by Crippen LogP contribution is -2.06.